The molecule has 2 aromatic heterocycles. The summed E-state index contributed by atoms with van der Waals surface area (Å²) in [4.78, 5) is 14.4. The molecule has 3 aromatic rings. The van der Waals surface area contributed by atoms with E-state index in [1.54, 1.807) is 23.1 Å². The number of rotatable bonds is 7. The van der Waals surface area contributed by atoms with Gasteiger partial charge in [-0.15, -0.1) is 5.11 Å². The van der Waals surface area contributed by atoms with Gasteiger partial charge in [0, 0.05) is 18.8 Å². The number of nitrogens with zero attached hydrogens (tertiary/aromatic N) is 6. The van der Waals surface area contributed by atoms with E-state index in [2.05, 4.69) is 30.5 Å². The van der Waals surface area contributed by atoms with Gasteiger partial charge in [-0.1, -0.05) is 13.0 Å². The van der Waals surface area contributed by atoms with E-state index in [0.29, 0.717) is 48.9 Å². The van der Waals surface area contributed by atoms with Crippen LogP contribution in [-0.2, 0) is 23.9 Å². The summed E-state index contributed by atoms with van der Waals surface area (Å²) < 4.78 is 58.8. The molecule has 12 heteroatoms. The molecule has 0 saturated carbocycles. The van der Waals surface area contributed by atoms with E-state index in [0.717, 1.165) is 18.3 Å². The first-order chi connectivity index (χ1) is 17.2. The number of benzene rings is 1. The van der Waals surface area contributed by atoms with Crippen molar-refractivity contribution in [3.05, 3.63) is 65.4 Å². The van der Waals surface area contributed by atoms with Crippen LogP contribution in [0.25, 0.3) is 0 Å². The Hall–Kier alpha value is -3.67. The first-order valence-corrected chi connectivity index (χ1v) is 11.4. The minimum atomic E-state index is -4.42. The number of ether oxygens (including phenoxy) is 1. The number of nitrogens with one attached hydrogen (secondary N) is 1. The average molecular weight is 504 g/mol. The van der Waals surface area contributed by atoms with E-state index < -0.39 is 17.6 Å². The largest absolute Gasteiger partial charge is 0.416 e. The fourth-order valence-electron chi connectivity index (χ4n) is 3.75. The summed E-state index contributed by atoms with van der Waals surface area (Å²) in [7, 11) is 0. The highest BCUT2D eigenvalue weighted by atomic mass is 19.4. The first kappa shape index (κ1) is 25.4. The van der Waals surface area contributed by atoms with Crippen molar-refractivity contribution in [2.75, 3.05) is 29.9 Å². The molecule has 1 aliphatic rings. The molecule has 36 heavy (non-hydrogen) atoms. The van der Waals surface area contributed by atoms with Crippen molar-refractivity contribution >= 4 is 23.1 Å². The molecule has 0 radical (unpaired) electrons. The fraction of sp³-hybridized carbons (Fsp3) is 0.375. The number of aromatic nitrogens is 3. The molecule has 4 rings (SSSR count). The lowest BCUT2D eigenvalue weighted by molar-refractivity contribution is -0.137. The summed E-state index contributed by atoms with van der Waals surface area (Å²) in [6.07, 6.45) is -2.84. The monoisotopic (exact) mass is 503 g/mol. The highest BCUT2D eigenvalue weighted by Gasteiger charge is 2.30. The Morgan fingerprint density at radius 2 is 2.03 bits per heavy atom. The summed E-state index contributed by atoms with van der Waals surface area (Å²) in [5.74, 6) is -0.351. The van der Waals surface area contributed by atoms with Crippen LogP contribution in [0.2, 0.25) is 0 Å². The molecule has 0 spiro atoms. The van der Waals surface area contributed by atoms with Crippen molar-refractivity contribution in [2.24, 2.45) is 10.2 Å². The van der Waals surface area contributed by atoms with Crippen LogP contribution in [0.3, 0.4) is 0 Å². The Morgan fingerprint density at radius 3 is 2.78 bits per heavy atom. The second kappa shape index (κ2) is 10.9. The SMILES string of the molecule is CCc1nc(CN=Nc2ncc(F)c(N3CCOC(C)C3)n2)ccc1Nc1cccc(C(F)(F)F)c1. The second-order valence-electron chi connectivity index (χ2n) is 8.22. The van der Waals surface area contributed by atoms with Crippen molar-refractivity contribution in [1.82, 2.24) is 15.0 Å². The smallest absolute Gasteiger partial charge is 0.375 e. The predicted molar refractivity (Wildman–Crippen MR) is 126 cm³/mol. The molecule has 1 aromatic carbocycles. The van der Waals surface area contributed by atoms with Gasteiger partial charge in [0.15, 0.2) is 11.6 Å². The van der Waals surface area contributed by atoms with Gasteiger partial charge in [-0.05, 0) is 43.7 Å². The molecular formula is C24H25F4N7O. The number of halogens is 4. The number of aryl methyl sites for hydroxylation is 1. The number of anilines is 3. The van der Waals surface area contributed by atoms with Gasteiger partial charge in [-0.3, -0.25) is 4.98 Å². The molecule has 1 unspecified atom stereocenters. The minimum Gasteiger partial charge on any atom is -0.375 e. The van der Waals surface area contributed by atoms with Gasteiger partial charge < -0.3 is 15.0 Å². The zero-order valence-corrected chi connectivity index (χ0v) is 19.8. The lowest BCUT2D eigenvalue weighted by Gasteiger charge is -2.31. The maximum Gasteiger partial charge on any atom is 0.416 e. The molecule has 1 saturated heterocycles. The van der Waals surface area contributed by atoms with E-state index in [1.807, 2.05) is 13.8 Å². The van der Waals surface area contributed by atoms with Crippen LogP contribution in [-0.4, -0.2) is 40.8 Å². The molecule has 1 aliphatic heterocycles. The Labute approximate surface area is 205 Å². The van der Waals surface area contributed by atoms with Crippen LogP contribution in [0.1, 0.15) is 30.8 Å². The summed E-state index contributed by atoms with van der Waals surface area (Å²) >= 11 is 0. The van der Waals surface area contributed by atoms with Gasteiger partial charge in [-0.2, -0.15) is 23.3 Å². The molecule has 3 heterocycles. The number of hydrogen-bond acceptors (Lipinski definition) is 8. The normalized spacial score (nSPS) is 16.5. The van der Waals surface area contributed by atoms with Gasteiger partial charge in [0.1, 0.15) is 6.54 Å². The summed E-state index contributed by atoms with van der Waals surface area (Å²) in [6.45, 7) is 5.43. The lowest BCUT2D eigenvalue weighted by Crippen LogP contribution is -2.42. The third kappa shape index (κ3) is 6.30. The van der Waals surface area contributed by atoms with Crippen molar-refractivity contribution in [3.63, 3.8) is 0 Å². The van der Waals surface area contributed by atoms with E-state index >= 15 is 0 Å². The molecule has 1 N–H and O–H groups in total. The average Bonchev–Trinajstić information content (AvgIpc) is 2.85. The molecule has 8 nitrogen and oxygen atoms in total. The van der Waals surface area contributed by atoms with Crippen LogP contribution in [0.15, 0.2) is 52.8 Å². The lowest BCUT2D eigenvalue weighted by atomic mass is 10.1. The zero-order chi connectivity index (χ0) is 25.7. The van der Waals surface area contributed by atoms with Crippen molar-refractivity contribution in [3.8, 4) is 0 Å². The van der Waals surface area contributed by atoms with Crippen LogP contribution >= 0.6 is 0 Å². The van der Waals surface area contributed by atoms with Crippen molar-refractivity contribution < 1.29 is 22.3 Å². The number of alkyl halides is 3. The van der Waals surface area contributed by atoms with Gasteiger partial charge in [0.2, 0.25) is 0 Å². The van der Waals surface area contributed by atoms with Crippen LogP contribution in [0, 0.1) is 5.82 Å². The van der Waals surface area contributed by atoms with E-state index in [1.165, 1.54) is 6.07 Å². The third-order valence-corrected chi connectivity index (χ3v) is 5.48. The molecule has 0 bridgehead atoms. The Kier molecular flexibility index (Phi) is 7.73. The summed E-state index contributed by atoms with van der Waals surface area (Å²) in [6, 6.07) is 8.43. The minimum absolute atomic E-state index is 0.0316. The number of pyridine rings is 1. The topological polar surface area (TPSA) is 87.9 Å². The summed E-state index contributed by atoms with van der Waals surface area (Å²) in [5.41, 5.74) is 1.46. The zero-order valence-electron chi connectivity index (χ0n) is 19.8. The molecule has 1 atom stereocenters. The molecule has 190 valence electrons. The van der Waals surface area contributed by atoms with Crippen molar-refractivity contribution in [1.29, 1.82) is 0 Å². The number of azo groups is 1. The Bertz CT molecular complexity index is 1240. The summed E-state index contributed by atoms with van der Waals surface area (Å²) in [5, 5.41) is 11.1. The fourth-order valence-corrected chi connectivity index (χ4v) is 3.75. The highest BCUT2D eigenvalue weighted by Crippen LogP contribution is 2.32. The molecule has 1 fully saturated rings. The van der Waals surface area contributed by atoms with Gasteiger partial charge >= 0.3 is 6.18 Å². The van der Waals surface area contributed by atoms with E-state index in [4.69, 9.17) is 4.74 Å². The van der Waals surface area contributed by atoms with Crippen LogP contribution in [0.5, 0.6) is 0 Å². The number of morpholine rings is 1. The first-order valence-electron chi connectivity index (χ1n) is 11.4. The Morgan fingerprint density at radius 1 is 1.19 bits per heavy atom. The van der Waals surface area contributed by atoms with E-state index in [-0.39, 0.29) is 24.4 Å². The molecule has 0 aliphatic carbocycles. The maximum absolute atomic E-state index is 14.3. The predicted octanol–water partition coefficient (Wildman–Crippen LogP) is 5.84. The quantitative estimate of drug-likeness (QED) is 0.322. The Balaban J connectivity index is 1.45. The number of hydrogen-bond donors (Lipinski definition) is 1. The second-order valence-corrected chi connectivity index (χ2v) is 8.22. The van der Waals surface area contributed by atoms with Crippen LogP contribution in [0.4, 0.5) is 40.7 Å². The highest BCUT2D eigenvalue weighted by molar-refractivity contribution is 5.62. The maximum atomic E-state index is 14.3. The van der Waals surface area contributed by atoms with Gasteiger partial charge in [0.25, 0.3) is 5.95 Å². The van der Waals surface area contributed by atoms with Gasteiger partial charge in [-0.25, -0.2) is 9.37 Å². The van der Waals surface area contributed by atoms with Crippen molar-refractivity contribution in [2.45, 2.75) is 39.1 Å². The molecule has 0 amide bonds. The standard InChI is InChI=1S/C24H25F4N7O/c1-3-20-21(31-17-6-4-5-16(11-17)24(26,27)28)8-7-18(32-20)12-30-34-23-29-13-19(25)22(33-23)35-9-10-36-15(2)14-35/h4-8,11,13,15,31H,3,9-10,12,14H2,1-2H3. The molecular weight excluding hydrogens is 478 g/mol. The van der Waals surface area contributed by atoms with Crippen LogP contribution < -0.4 is 10.2 Å². The van der Waals surface area contributed by atoms with Gasteiger partial charge in [0.05, 0.1) is 41.5 Å². The van der Waals surface area contributed by atoms with E-state index in [9.17, 15) is 17.6 Å². The third-order valence-electron chi connectivity index (χ3n) is 5.48.